The van der Waals surface area contributed by atoms with Crippen molar-refractivity contribution < 1.29 is 9.15 Å². The van der Waals surface area contributed by atoms with Crippen molar-refractivity contribution in [3.05, 3.63) is 71.2 Å². The molecule has 0 unspecified atom stereocenters. The number of benzene rings is 2. The molecule has 0 saturated carbocycles. The maximum atomic E-state index is 5.85. The molecule has 6 nitrogen and oxygen atoms in total. The maximum Gasteiger partial charge on any atom is 0.214 e. The molecule has 0 aliphatic heterocycles. The summed E-state index contributed by atoms with van der Waals surface area (Å²) in [7, 11) is 3.44. The topological polar surface area (TPSA) is 71.7 Å². The van der Waals surface area contributed by atoms with Gasteiger partial charge in [0.2, 0.25) is 5.89 Å². The summed E-state index contributed by atoms with van der Waals surface area (Å²) >= 11 is 0. The first kappa shape index (κ1) is 20.5. The number of hydrogen-bond donors (Lipinski definition) is 2. The largest absolute Gasteiger partial charge is 0.496 e. The molecule has 3 aromatic rings. The molecule has 0 fully saturated rings. The van der Waals surface area contributed by atoms with Crippen molar-refractivity contribution in [2.75, 3.05) is 20.7 Å². The molecule has 0 bridgehead atoms. The molecule has 0 aliphatic rings. The number of hydrogen-bond acceptors (Lipinski definition) is 4. The van der Waals surface area contributed by atoms with Crippen LogP contribution in [0.2, 0.25) is 0 Å². The molecule has 152 valence electrons. The number of aliphatic imine (C=N–C) groups is 1. The Kier molecular flexibility index (Phi) is 6.89. The lowest BCUT2D eigenvalue weighted by Crippen LogP contribution is -2.37. The van der Waals surface area contributed by atoms with Crippen molar-refractivity contribution in [1.29, 1.82) is 0 Å². The van der Waals surface area contributed by atoms with Gasteiger partial charge in [0.25, 0.3) is 0 Å². The van der Waals surface area contributed by atoms with Gasteiger partial charge in [0.15, 0.2) is 11.7 Å². The number of methoxy groups -OCH3 is 1. The van der Waals surface area contributed by atoms with Crippen LogP contribution in [-0.2, 0) is 13.0 Å². The summed E-state index contributed by atoms with van der Waals surface area (Å²) in [6.45, 7) is 5.34. The Morgan fingerprint density at radius 1 is 1.07 bits per heavy atom. The van der Waals surface area contributed by atoms with Crippen LogP contribution in [0.25, 0.3) is 11.3 Å². The summed E-state index contributed by atoms with van der Waals surface area (Å²) < 4.78 is 11.3. The molecule has 0 saturated heterocycles. The van der Waals surface area contributed by atoms with Gasteiger partial charge in [-0.1, -0.05) is 47.5 Å². The molecule has 2 aromatic carbocycles. The maximum absolute atomic E-state index is 5.85. The van der Waals surface area contributed by atoms with E-state index in [1.165, 1.54) is 16.7 Å². The highest BCUT2D eigenvalue weighted by atomic mass is 16.5. The SMILES string of the molecule is CN=C(NCCc1cc(C)ccc1OC)NCc1ncc(-c2ccc(C)cc2)o1. The number of ether oxygens (including phenoxy) is 1. The first-order chi connectivity index (χ1) is 14.1. The van der Waals surface area contributed by atoms with Gasteiger partial charge in [-0.3, -0.25) is 4.99 Å². The van der Waals surface area contributed by atoms with Crippen LogP contribution in [0.3, 0.4) is 0 Å². The summed E-state index contributed by atoms with van der Waals surface area (Å²) in [6.07, 6.45) is 2.59. The zero-order chi connectivity index (χ0) is 20.6. The normalized spacial score (nSPS) is 11.4. The Hall–Kier alpha value is -3.28. The predicted molar refractivity (Wildman–Crippen MR) is 116 cm³/mol. The van der Waals surface area contributed by atoms with Crippen molar-refractivity contribution in [3.63, 3.8) is 0 Å². The van der Waals surface area contributed by atoms with Gasteiger partial charge in [0, 0.05) is 19.2 Å². The lowest BCUT2D eigenvalue weighted by Gasteiger charge is -2.13. The molecule has 6 heteroatoms. The fourth-order valence-electron chi connectivity index (χ4n) is 3.04. The number of oxazole rings is 1. The molecule has 0 amide bonds. The molecular weight excluding hydrogens is 364 g/mol. The van der Waals surface area contributed by atoms with Crippen LogP contribution in [0.15, 0.2) is 58.1 Å². The highest BCUT2D eigenvalue weighted by molar-refractivity contribution is 5.79. The van der Waals surface area contributed by atoms with E-state index in [2.05, 4.69) is 58.7 Å². The fraction of sp³-hybridized carbons (Fsp3) is 0.304. The Morgan fingerprint density at radius 2 is 1.83 bits per heavy atom. The standard InChI is InChI=1S/C23H28N4O2/c1-16-5-8-18(9-6-16)21-14-26-22(29-21)15-27-23(24-3)25-12-11-19-13-17(2)7-10-20(19)28-4/h5-10,13-14H,11-12,15H2,1-4H3,(H2,24,25,27). The van der Waals surface area contributed by atoms with Crippen LogP contribution in [0.1, 0.15) is 22.6 Å². The summed E-state index contributed by atoms with van der Waals surface area (Å²) in [6, 6.07) is 14.4. The van der Waals surface area contributed by atoms with Gasteiger partial charge in [-0.2, -0.15) is 0 Å². The Morgan fingerprint density at radius 3 is 2.55 bits per heavy atom. The van der Waals surface area contributed by atoms with Crippen LogP contribution in [-0.4, -0.2) is 31.6 Å². The quantitative estimate of drug-likeness (QED) is 0.472. The minimum absolute atomic E-state index is 0.458. The minimum Gasteiger partial charge on any atom is -0.496 e. The summed E-state index contributed by atoms with van der Waals surface area (Å²) in [5.74, 6) is 2.98. The highest BCUT2D eigenvalue weighted by Crippen LogP contribution is 2.21. The Labute approximate surface area is 172 Å². The van der Waals surface area contributed by atoms with Gasteiger partial charge in [0.1, 0.15) is 5.75 Å². The van der Waals surface area contributed by atoms with E-state index in [9.17, 15) is 0 Å². The average Bonchev–Trinajstić information content (AvgIpc) is 3.20. The molecule has 29 heavy (non-hydrogen) atoms. The molecule has 0 aliphatic carbocycles. The van der Waals surface area contributed by atoms with Crippen LogP contribution in [0.5, 0.6) is 5.75 Å². The van der Waals surface area contributed by atoms with Gasteiger partial charge >= 0.3 is 0 Å². The number of nitrogens with one attached hydrogen (secondary N) is 2. The van der Waals surface area contributed by atoms with Crippen molar-refractivity contribution >= 4 is 5.96 Å². The predicted octanol–water partition coefficient (Wildman–Crippen LogP) is 3.87. The Balaban J connectivity index is 1.51. The van der Waals surface area contributed by atoms with E-state index in [0.29, 0.717) is 18.4 Å². The summed E-state index contributed by atoms with van der Waals surface area (Å²) in [5, 5.41) is 6.55. The van der Waals surface area contributed by atoms with Crippen LogP contribution in [0, 0.1) is 13.8 Å². The number of aryl methyl sites for hydroxylation is 2. The third-order valence-electron chi connectivity index (χ3n) is 4.64. The number of aromatic nitrogens is 1. The number of rotatable bonds is 7. The lowest BCUT2D eigenvalue weighted by molar-refractivity contribution is 0.409. The third-order valence-corrected chi connectivity index (χ3v) is 4.64. The second-order valence-electron chi connectivity index (χ2n) is 6.90. The first-order valence-electron chi connectivity index (χ1n) is 9.69. The van der Waals surface area contributed by atoms with Gasteiger partial charge in [-0.05, 0) is 31.9 Å². The fourth-order valence-corrected chi connectivity index (χ4v) is 3.04. The highest BCUT2D eigenvalue weighted by Gasteiger charge is 2.08. The second kappa shape index (κ2) is 9.78. The van der Waals surface area contributed by atoms with Crippen molar-refractivity contribution in [3.8, 4) is 17.1 Å². The van der Waals surface area contributed by atoms with Crippen LogP contribution >= 0.6 is 0 Å². The van der Waals surface area contributed by atoms with E-state index in [4.69, 9.17) is 9.15 Å². The van der Waals surface area contributed by atoms with Gasteiger partial charge in [0.05, 0.1) is 19.9 Å². The molecule has 1 aromatic heterocycles. The van der Waals surface area contributed by atoms with E-state index in [1.54, 1.807) is 20.4 Å². The number of guanidine groups is 1. The smallest absolute Gasteiger partial charge is 0.214 e. The Bertz CT molecular complexity index is 961. The number of nitrogens with zero attached hydrogens (tertiary/aromatic N) is 2. The molecule has 2 N–H and O–H groups in total. The van der Waals surface area contributed by atoms with E-state index in [1.807, 2.05) is 18.2 Å². The molecule has 3 rings (SSSR count). The lowest BCUT2D eigenvalue weighted by atomic mass is 10.1. The first-order valence-corrected chi connectivity index (χ1v) is 9.69. The molecule has 0 spiro atoms. The van der Waals surface area contributed by atoms with Crippen molar-refractivity contribution in [2.24, 2.45) is 4.99 Å². The van der Waals surface area contributed by atoms with Crippen LogP contribution < -0.4 is 15.4 Å². The van der Waals surface area contributed by atoms with Crippen molar-refractivity contribution in [1.82, 2.24) is 15.6 Å². The van der Waals surface area contributed by atoms with Crippen LogP contribution in [0.4, 0.5) is 0 Å². The minimum atomic E-state index is 0.458. The monoisotopic (exact) mass is 392 g/mol. The van der Waals surface area contributed by atoms with Gasteiger partial charge in [-0.25, -0.2) is 4.98 Å². The molecule has 1 heterocycles. The summed E-state index contributed by atoms with van der Waals surface area (Å²) in [4.78, 5) is 8.62. The second-order valence-corrected chi connectivity index (χ2v) is 6.90. The third kappa shape index (κ3) is 5.60. The van der Waals surface area contributed by atoms with Gasteiger partial charge in [-0.15, -0.1) is 0 Å². The van der Waals surface area contributed by atoms with Gasteiger partial charge < -0.3 is 19.8 Å². The zero-order valence-electron chi connectivity index (χ0n) is 17.5. The van der Waals surface area contributed by atoms with E-state index >= 15 is 0 Å². The molecule has 0 atom stereocenters. The van der Waals surface area contributed by atoms with E-state index in [0.717, 1.165) is 30.0 Å². The van der Waals surface area contributed by atoms with E-state index in [-0.39, 0.29) is 0 Å². The molecule has 0 radical (unpaired) electrons. The zero-order valence-corrected chi connectivity index (χ0v) is 17.5. The summed E-state index contributed by atoms with van der Waals surface area (Å²) in [5.41, 5.74) is 4.62. The average molecular weight is 393 g/mol. The van der Waals surface area contributed by atoms with Crippen molar-refractivity contribution in [2.45, 2.75) is 26.8 Å². The molecular formula is C23H28N4O2. The van der Waals surface area contributed by atoms with E-state index < -0.39 is 0 Å².